The molecular formula is C18H24F3N3O2. The first kappa shape index (κ1) is 20.4. The summed E-state index contributed by atoms with van der Waals surface area (Å²) in [6.45, 7) is 5.23. The van der Waals surface area contributed by atoms with Crippen LogP contribution in [0, 0.1) is 6.92 Å². The summed E-state index contributed by atoms with van der Waals surface area (Å²) in [6.07, 6.45) is -0.947. The van der Waals surface area contributed by atoms with Gasteiger partial charge < -0.3 is 9.67 Å². The number of carbonyl (C=O) groups is 1. The normalized spacial score (nSPS) is 16.0. The second kappa shape index (κ2) is 8.16. The quantitative estimate of drug-likeness (QED) is 0.874. The molecular weight excluding hydrogens is 347 g/mol. The average Bonchev–Trinajstić information content (AvgIpc) is 2.80. The van der Waals surface area contributed by atoms with Gasteiger partial charge in [-0.1, -0.05) is 6.92 Å². The van der Waals surface area contributed by atoms with Gasteiger partial charge >= 0.3 is 6.18 Å². The van der Waals surface area contributed by atoms with Crippen molar-refractivity contribution in [3.8, 4) is 0 Å². The number of pyridine rings is 1. The Morgan fingerprint density at radius 3 is 2.42 bits per heavy atom. The highest BCUT2D eigenvalue weighted by molar-refractivity contribution is 5.78. The molecule has 144 valence electrons. The number of aromatic nitrogens is 3. The predicted molar refractivity (Wildman–Crippen MR) is 91.8 cm³/mol. The number of rotatable bonds is 4. The Morgan fingerprint density at radius 2 is 2.00 bits per heavy atom. The number of ketones is 1. The highest BCUT2D eigenvalue weighted by Crippen LogP contribution is 2.36. The molecule has 8 heteroatoms. The van der Waals surface area contributed by atoms with Crippen LogP contribution in [0.25, 0.3) is 11.2 Å². The number of imidazole rings is 1. The Bertz CT molecular complexity index is 765. The zero-order valence-electron chi connectivity index (χ0n) is 15.2. The minimum atomic E-state index is -4.41. The van der Waals surface area contributed by atoms with Crippen molar-refractivity contribution >= 4 is 16.9 Å². The molecule has 2 aromatic rings. The lowest BCUT2D eigenvalue weighted by Gasteiger charge is -2.28. The molecule has 0 bridgehead atoms. The highest BCUT2D eigenvalue weighted by atomic mass is 19.4. The molecule has 0 radical (unpaired) electrons. The molecule has 1 saturated carbocycles. The zero-order chi connectivity index (χ0) is 19.5. The SMILES string of the molecule is CCC(=O)CC(C)O.Cc1nc2ccc(C(F)(F)F)nc2n1C1CCC1. The first-order valence-electron chi connectivity index (χ1n) is 8.76. The number of hydrogen-bond acceptors (Lipinski definition) is 4. The highest BCUT2D eigenvalue weighted by Gasteiger charge is 2.33. The summed E-state index contributed by atoms with van der Waals surface area (Å²) in [5.41, 5.74) is 0.0369. The molecule has 2 aromatic heterocycles. The van der Waals surface area contributed by atoms with Gasteiger partial charge in [0, 0.05) is 18.9 Å². The average molecular weight is 371 g/mol. The van der Waals surface area contributed by atoms with E-state index in [9.17, 15) is 18.0 Å². The topological polar surface area (TPSA) is 68.0 Å². The number of Topliss-reactive ketones (excluding diaryl/α,β-unsaturated/α-hetero) is 1. The molecule has 1 unspecified atom stereocenters. The van der Waals surface area contributed by atoms with E-state index in [1.807, 2.05) is 11.5 Å². The summed E-state index contributed by atoms with van der Waals surface area (Å²) in [6, 6.07) is 2.64. The number of fused-ring (bicyclic) bond motifs is 1. The number of halogens is 3. The number of hydrogen-bond donors (Lipinski definition) is 1. The van der Waals surface area contributed by atoms with E-state index in [0.29, 0.717) is 24.0 Å². The van der Waals surface area contributed by atoms with Gasteiger partial charge in [0.1, 0.15) is 22.8 Å². The molecule has 0 saturated heterocycles. The first-order valence-corrected chi connectivity index (χ1v) is 8.76. The number of aryl methyl sites for hydroxylation is 1. The van der Waals surface area contributed by atoms with Gasteiger partial charge in [-0.2, -0.15) is 13.2 Å². The van der Waals surface area contributed by atoms with Crippen LogP contribution in [0.2, 0.25) is 0 Å². The van der Waals surface area contributed by atoms with E-state index in [1.54, 1.807) is 13.8 Å². The largest absolute Gasteiger partial charge is 0.433 e. The summed E-state index contributed by atoms with van der Waals surface area (Å²) < 4.78 is 39.8. The van der Waals surface area contributed by atoms with E-state index < -0.39 is 18.0 Å². The Hall–Kier alpha value is -1.96. The fourth-order valence-corrected chi connectivity index (χ4v) is 2.80. The van der Waals surface area contributed by atoms with Gasteiger partial charge in [0.15, 0.2) is 5.65 Å². The summed E-state index contributed by atoms with van der Waals surface area (Å²) in [5.74, 6) is 0.863. The van der Waals surface area contributed by atoms with E-state index in [0.717, 1.165) is 31.2 Å². The molecule has 5 nitrogen and oxygen atoms in total. The summed E-state index contributed by atoms with van der Waals surface area (Å²) in [4.78, 5) is 18.5. The van der Waals surface area contributed by atoms with Gasteiger partial charge in [-0.3, -0.25) is 4.79 Å². The lowest BCUT2D eigenvalue weighted by Crippen LogP contribution is -2.19. The van der Waals surface area contributed by atoms with Crippen LogP contribution in [0.1, 0.15) is 63.5 Å². The molecule has 1 atom stereocenters. The molecule has 26 heavy (non-hydrogen) atoms. The van der Waals surface area contributed by atoms with E-state index >= 15 is 0 Å². The van der Waals surface area contributed by atoms with Crippen molar-refractivity contribution in [3.05, 3.63) is 23.7 Å². The Morgan fingerprint density at radius 1 is 1.35 bits per heavy atom. The summed E-state index contributed by atoms with van der Waals surface area (Å²) in [7, 11) is 0. The third-order valence-corrected chi connectivity index (χ3v) is 4.36. The smallest absolute Gasteiger partial charge is 0.393 e. The molecule has 1 aliphatic rings. The number of alkyl halides is 3. The van der Waals surface area contributed by atoms with E-state index in [2.05, 4.69) is 9.97 Å². The van der Waals surface area contributed by atoms with Gasteiger partial charge in [0.05, 0.1) is 6.10 Å². The maximum atomic E-state index is 12.7. The molecule has 1 fully saturated rings. The van der Waals surface area contributed by atoms with Crippen LogP contribution in [0.15, 0.2) is 12.1 Å². The van der Waals surface area contributed by atoms with E-state index in [1.165, 1.54) is 6.07 Å². The molecule has 0 aliphatic heterocycles. The Balaban J connectivity index is 0.000000260. The fourth-order valence-electron chi connectivity index (χ4n) is 2.80. The van der Waals surface area contributed by atoms with Gasteiger partial charge in [-0.25, -0.2) is 9.97 Å². The first-order chi connectivity index (χ1) is 12.1. The molecule has 2 heterocycles. The van der Waals surface area contributed by atoms with Crippen molar-refractivity contribution in [2.45, 2.75) is 71.2 Å². The van der Waals surface area contributed by atoms with Crippen LogP contribution in [-0.4, -0.2) is 31.5 Å². The maximum absolute atomic E-state index is 12.7. The number of nitrogens with zero attached hydrogens (tertiary/aromatic N) is 3. The van der Waals surface area contributed by atoms with Crippen LogP contribution < -0.4 is 0 Å². The number of aliphatic hydroxyl groups excluding tert-OH is 1. The fraction of sp³-hybridized carbons (Fsp3) is 0.611. The summed E-state index contributed by atoms with van der Waals surface area (Å²) in [5, 5.41) is 8.63. The predicted octanol–water partition coefficient (Wildman–Crippen LogP) is 4.22. The van der Waals surface area contributed by atoms with Crippen molar-refractivity contribution in [3.63, 3.8) is 0 Å². The van der Waals surface area contributed by atoms with Crippen molar-refractivity contribution in [1.29, 1.82) is 0 Å². The van der Waals surface area contributed by atoms with E-state index in [-0.39, 0.29) is 11.8 Å². The molecule has 3 rings (SSSR count). The lowest BCUT2D eigenvalue weighted by molar-refractivity contribution is -0.141. The molecule has 1 N–H and O–H groups in total. The lowest BCUT2D eigenvalue weighted by atomic mass is 9.93. The van der Waals surface area contributed by atoms with Crippen LogP contribution in [0.4, 0.5) is 13.2 Å². The second-order valence-corrected chi connectivity index (χ2v) is 6.60. The summed E-state index contributed by atoms with van der Waals surface area (Å²) >= 11 is 0. The van der Waals surface area contributed by atoms with Crippen molar-refractivity contribution in [1.82, 2.24) is 14.5 Å². The molecule has 0 amide bonds. The maximum Gasteiger partial charge on any atom is 0.433 e. The third-order valence-electron chi connectivity index (χ3n) is 4.36. The second-order valence-electron chi connectivity index (χ2n) is 6.60. The Labute approximate surface area is 150 Å². The van der Waals surface area contributed by atoms with Crippen LogP contribution >= 0.6 is 0 Å². The minimum absolute atomic E-state index is 0.125. The third kappa shape index (κ3) is 4.81. The number of aliphatic hydroxyl groups is 1. The zero-order valence-corrected chi connectivity index (χ0v) is 15.2. The van der Waals surface area contributed by atoms with Crippen molar-refractivity contribution in [2.24, 2.45) is 0 Å². The monoisotopic (exact) mass is 371 g/mol. The molecule has 0 aromatic carbocycles. The van der Waals surface area contributed by atoms with Crippen LogP contribution in [0.5, 0.6) is 0 Å². The van der Waals surface area contributed by atoms with Gasteiger partial charge in [-0.05, 0) is 45.2 Å². The number of carbonyl (C=O) groups excluding carboxylic acids is 1. The van der Waals surface area contributed by atoms with Gasteiger partial charge in [0.25, 0.3) is 0 Å². The standard InChI is InChI=1S/C12H12F3N3.C6H12O2/c1-7-16-9-5-6-10(12(13,14)15)17-11(9)18(7)8-3-2-4-8;1-3-6(8)4-5(2)7/h5-6,8H,2-4H2,1H3;5,7H,3-4H2,1-2H3. The van der Waals surface area contributed by atoms with Gasteiger partial charge in [-0.15, -0.1) is 0 Å². The molecule has 1 aliphatic carbocycles. The van der Waals surface area contributed by atoms with Gasteiger partial charge in [0.2, 0.25) is 0 Å². The van der Waals surface area contributed by atoms with Crippen molar-refractivity contribution in [2.75, 3.05) is 0 Å². The Kier molecular flexibility index (Phi) is 6.39. The van der Waals surface area contributed by atoms with Crippen molar-refractivity contribution < 1.29 is 23.1 Å². The molecule has 0 spiro atoms. The van der Waals surface area contributed by atoms with Crippen LogP contribution in [-0.2, 0) is 11.0 Å². The van der Waals surface area contributed by atoms with Crippen LogP contribution in [0.3, 0.4) is 0 Å². The van der Waals surface area contributed by atoms with E-state index in [4.69, 9.17) is 5.11 Å². The minimum Gasteiger partial charge on any atom is -0.393 e.